The first-order chi connectivity index (χ1) is 3.79. The van der Waals surface area contributed by atoms with Crippen molar-refractivity contribution >= 4 is 0 Å². The molecule has 2 N–H and O–H groups in total. The molecule has 0 aromatic rings. The Morgan fingerprint density at radius 1 is 1.38 bits per heavy atom. The molecule has 46 valence electrons. The second-order valence-electron chi connectivity index (χ2n) is 3.13. The number of likely N-dealkylation sites (tertiary alicyclic amines) is 1. The van der Waals surface area contributed by atoms with Gasteiger partial charge in [0.15, 0.2) is 0 Å². The molecule has 8 heavy (non-hydrogen) atoms. The Hall–Kier alpha value is -0.0800. The lowest BCUT2D eigenvalue weighted by Crippen LogP contribution is -2.24. The highest BCUT2D eigenvalue weighted by Gasteiger charge is 2.52. The van der Waals surface area contributed by atoms with Crippen molar-refractivity contribution in [2.45, 2.75) is 6.04 Å². The fourth-order valence-electron chi connectivity index (χ4n) is 1.78. The topological polar surface area (TPSA) is 29.3 Å². The van der Waals surface area contributed by atoms with E-state index in [1.165, 1.54) is 13.1 Å². The summed E-state index contributed by atoms with van der Waals surface area (Å²) in [5.41, 5.74) is 5.71. The fraction of sp³-hybridized carbons (Fsp3) is 1.00. The Morgan fingerprint density at radius 2 is 1.88 bits per heavy atom. The highest BCUT2D eigenvalue weighted by Crippen LogP contribution is 2.42. The van der Waals surface area contributed by atoms with Crippen LogP contribution in [0.15, 0.2) is 0 Å². The van der Waals surface area contributed by atoms with E-state index in [1.807, 2.05) is 0 Å². The van der Waals surface area contributed by atoms with E-state index in [1.54, 1.807) is 0 Å². The molecule has 0 aromatic carbocycles. The third-order valence-corrected chi connectivity index (χ3v) is 2.44. The van der Waals surface area contributed by atoms with Crippen LogP contribution >= 0.6 is 0 Å². The molecule has 1 saturated carbocycles. The largest absolute Gasteiger partial charge is 0.327 e. The van der Waals surface area contributed by atoms with Crippen LogP contribution in [0, 0.1) is 11.8 Å². The molecule has 3 atom stereocenters. The van der Waals surface area contributed by atoms with Gasteiger partial charge in [-0.1, -0.05) is 0 Å². The van der Waals surface area contributed by atoms with Crippen molar-refractivity contribution in [3.63, 3.8) is 0 Å². The number of piperidine rings is 1. The lowest BCUT2D eigenvalue weighted by Gasteiger charge is -2.09. The summed E-state index contributed by atoms with van der Waals surface area (Å²) in [5.74, 6) is 1.72. The van der Waals surface area contributed by atoms with Gasteiger partial charge in [-0.25, -0.2) is 0 Å². The molecule has 2 heteroatoms. The van der Waals surface area contributed by atoms with Gasteiger partial charge in [-0.2, -0.15) is 0 Å². The van der Waals surface area contributed by atoms with E-state index in [4.69, 9.17) is 5.73 Å². The van der Waals surface area contributed by atoms with E-state index >= 15 is 0 Å². The lowest BCUT2D eigenvalue weighted by atomic mass is 10.4. The maximum atomic E-state index is 5.71. The molecule has 2 rings (SSSR count). The van der Waals surface area contributed by atoms with Crippen molar-refractivity contribution in [1.82, 2.24) is 4.90 Å². The number of hydrogen-bond donors (Lipinski definition) is 1. The van der Waals surface area contributed by atoms with Gasteiger partial charge in [0.05, 0.1) is 0 Å². The molecule has 2 aliphatic rings. The van der Waals surface area contributed by atoms with Gasteiger partial charge in [0, 0.05) is 19.1 Å². The minimum absolute atomic E-state index is 0.561. The van der Waals surface area contributed by atoms with E-state index in [0.717, 1.165) is 11.8 Å². The molecule has 2 nitrogen and oxygen atoms in total. The van der Waals surface area contributed by atoms with E-state index in [2.05, 4.69) is 11.9 Å². The van der Waals surface area contributed by atoms with Crippen molar-refractivity contribution in [3.8, 4) is 0 Å². The predicted octanol–water partition coefficient (Wildman–Crippen LogP) is -0.495. The highest BCUT2D eigenvalue weighted by molar-refractivity contribution is 5.07. The van der Waals surface area contributed by atoms with Crippen LogP contribution in [0.25, 0.3) is 0 Å². The molecule has 2 fully saturated rings. The second-order valence-corrected chi connectivity index (χ2v) is 3.13. The van der Waals surface area contributed by atoms with Gasteiger partial charge in [0.2, 0.25) is 0 Å². The maximum absolute atomic E-state index is 5.71. The molecule has 1 aliphatic carbocycles. The number of hydrogen-bond acceptors (Lipinski definition) is 2. The Balaban J connectivity index is 2.00. The van der Waals surface area contributed by atoms with Gasteiger partial charge in [0.1, 0.15) is 0 Å². The second kappa shape index (κ2) is 1.25. The summed E-state index contributed by atoms with van der Waals surface area (Å²) >= 11 is 0. The van der Waals surface area contributed by atoms with E-state index < -0.39 is 0 Å². The molecule has 0 aromatic heterocycles. The standard InChI is InChI=1S/C6H12N2/c1-8-2-4-5(3-8)6(4)7/h4-6H,2-3,7H2,1H3/t4-,5+,6+. The average molecular weight is 112 g/mol. The van der Waals surface area contributed by atoms with Crippen LogP contribution in [-0.2, 0) is 0 Å². The number of nitrogens with zero attached hydrogens (tertiary/aromatic N) is 1. The SMILES string of the molecule is CN1C[C@@H]2[C@@H](N)[C@@H]2C1. The molecule has 0 spiro atoms. The molecule has 0 bridgehead atoms. The summed E-state index contributed by atoms with van der Waals surface area (Å²) in [6.07, 6.45) is 0. The Bertz CT molecular complexity index is 101. The summed E-state index contributed by atoms with van der Waals surface area (Å²) in [4.78, 5) is 2.36. The monoisotopic (exact) mass is 112 g/mol. The van der Waals surface area contributed by atoms with Crippen LogP contribution < -0.4 is 5.73 Å². The van der Waals surface area contributed by atoms with E-state index in [-0.39, 0.29) is 0 Å². The summed E-state index contributed by atoms with van der Waals surface area (Å²) in [5, 5.41) is 0. The molecule has 0 amide bonds. The van der Waals surface area contributed by atoms with Gasteiger partial charge in [-0.05, 0) is 18.9 Å². The van der Waals surface area contributed by atoms with Crippen LogP contribution in [0.2, 0.25) is 0 Å². The smallest absolute Gasteiger partial charge is 0.0127 e. The summed E-state index contributed by atoms with van der Waals surface area (Å²) in [6.45, 7) is 2.48. The minimum atomic E-state index is 0.561. The molecular formula is C6H12N2. The molecule has 0 unspecified atom stereocenters. The number of nitrogens with two attached hydrogens (primary N) is 1. The fourth-order valence-corrected chi connectivity index (χ4v) is 1.78. The first kappa shape index (κ1) is 4.77. The molecular weight excluding hydrogens is 100 g/mol. The van der Waals surface area contributed by atoms with Crippen LogP contribution in [-0.4, -0.2) is 31.1 Å². The Labute approximate surface area is 49.7 Å². The quantitative estimate of drug-likeness (QED) is 0.458. The third kappa shape index (κ3) is 0.446. The van der Waals surface area contributed by atoms with Crippen molar-refractivity contribution in [2.24, 2.45) is 17.6 Å². The molecule has 1 aliphatic heterocycles. The van der Waals surface area contributed by atoms with Crippen molar-refractivity contribution in [3.05, 3.63) is 0 Å². The van der Waals surface area contributed by atoms with Crippen LogP contribution in [0.4, 0.5) is 0 Å². The molecule has 1 heterocycles. The molecule has 1 saturated heterocycles. The summed E-state index contributed by atoms with van der Waals surface area (Å²) < 4.78 is 0. The van der Waals surface area contributed by atoms with E-state index in [0.29, 0.717) is 6.04 Å². The third-order valence-electron chi connectivity index (χ3n) is 2.44. The normalized spacial score (nSPS) is 54.0. The minimum Gasteiger partial charge on any atom is -0.327 e. The van der Waals surface area contributed by atoms with Gasteiger partial charge in [-0.3, -0.25) is 0 Å². The zero-order valence-corrected chi connectivity index (χ0v) is 5.17. The zero-order valence-electron chi connectivity index (χ0n) is 5.17. The van der Waals surface area contributed by atoms with Crippen molar-refractivity contribution in [2.75, 3.05) is 20.1 Å². The summed E-state index contributed by atoms with van der Waals surface area (Å²) in [6, 6.07) is 0.561. The average Bonchev–Trinajstić information content (AvgIpc) is 2.29. The first-order valence-electron chi connectivity index (χ1n) is 3.23. The van der Waals surface area contributed by atoms with Gasteiger partial charge in [-0.15, -0.1) is 0 Å². The molecule has 0 radical (unpaired) electrons. The first-order valence-corrected chi connectivity index (χ1v) is 3.23. The van der Waals surface area contributed by atoms with Crippen molar-refractivity contribution < 1.29 is 0 Å². The lowest BCUT2D eigenvalue weighted by molar-refractivity contribution is 0.362. The number of rotatable bonds is 0. The van der Waals surface area contributed by atoms with Gasteiger partial charge < -0.3 is 10.6 Å². The maximum Gasteiger partial charge on any atom is 0.0127 e. The van der Waals surface area contributed by atoms with Gasteiger partial charge in [0.25, 0.3) is 0 Å². The van der Waals surface area contributed by atoms with E-state index in [9.17, 15) is 0 Å². The van der Waals surface area contributed by atoms with Crippen LogP contribution in [0.3, 0.4) is 0 Å². The summed E-state index contributed by atoms with van der Waals surface area (Å²) in [7, 11) is 2.17. The van der Waals surface area contributed by atoms with Gasteiger partial charge >= 0.3 is 0 Å². The Morgan fingerprint density at radius 3 is 2.25 bits per heavy atom. The zero-order chi connectivity index (χ0) is 5.72. The highest BCUT2D eigenvalue weighted by atomic mass is 15.2. The van der Waals surface area contributed by atoms with Crippen molar-refractivity contribution in [1.29, 1.82) is 0 Å². The van der Waals surface area contributed by atoms with Crippen LogP contribution in [0.1, 0.15) is 0 Å². The number of fused-ring (bicyclic) bond motifs is 1. The van der Waals surface area contributed by atoms with Crippen LogP contribution in [0.5, 0.6) is 0 Å². The Kier molecular flexibility index (Phi) is 0.746. The predicted molar refractivity (Wildman–Crippen MR) is 32.5 cm³/mol.